The summed E-state index contributed by atoms with van der Waals surface area (Å²) in [7, 11) is 0. The Morgan fingerprint density at radius 1 is 0.789 bits per heavy atom. The van der Waals surface area contributed by atoms with Crippen molar-refractivity contribution in [1.29, 1.82) is 0 Å². The summed E-state index contributed by atoms with van der Waals surface area (Å²) >= 11 is 0. The number of aromatic amines is 1. The van der Waals surface area contributed by atoms with Gasteiger partial charge in [0.15, 0.2) is 0 Å². The number of nitrogens with one attached hydrogen (secondary N) is 1. The summed E-state index contributed by atoms with van der Waals surface area (Å²) in [6.45, 7) is 0. The third-order valence-corrected chi connectivity index (χ3v) is 2.89. The molecule has 1 heterocycles. The Morgan fingerprint density at radius 3 is 2.16 bits per heavy atom. The van der Waals surface area contributed by atoms with Gasteiger partial charge in [0, 0.05) is 11.1 Å². The van der Waals surface area contributed by atoms with Crippen LogP contribution in [0.1, 0.15) is 0 Å². The first-order valence-electron chi connectivity index (χ1n) is 5.88. The van der Waals surface area contributed by atoms with Crippen molar-refractivity contribution in [2.45, 2.75) is 0 Å². The Hall–Kier alpha value is -2.75. The van der Waals surface area contributed by atoms with Crippen LogP contribution in [-0.2, 0) is 0 Å². The summed E-state index contributed by atoms with van der Waals surface area (Å²) in [5.41, 5.74) is 2.26. The van der Waals surface area contributed by atoms with E-state index in [4.69, 9.17) is 0 Å². The van der Waals surface area contributed by atoms with Crippen LogP contribution < -0.4 is 0 Å². The number of benzene rings is 2. The minimum absolute atomic E-state index is 0.0331. The molecule has 2 aromatic carbocycles. The van der Waals surface area contributed by atoms with Crippen LogP contribution in [0.25, 0.3) is 22.6 Å². The van der Waals surface area contributed by atoms with Crippen LogP contribution in [0.15, 0.2) is 54.6 Å². The summed E-state index contributed by atoms with van der Waals surface area (Å²) in [5.74, 6) is 0.730. The van der Waals surface area contributed by atoms with Crippen molar-refractivity contribution in [2.24, 2.45) is 0 Å². The molecule has 0 saturated heterocycles. The smallest absolute Gasteiger partial charge is 0.237 e. The molecule has 0 aliphatic carbocycles. The number of aromatic nitrogens is 2. The highest BCUT2D eigenvalue weighted by Crippen LogP contribution is 2.30. The van der Waals surface area contributed by atoms with E-state index in [-0.39, 0.29) is 11.6 Å². The second kappa shape index (κ2) is 4.49. The van der Waals surface area contributed by atoms with Gasteiger partial charge in [-0.3, -0.25) is 0 Å². The zero-order valence-electron chi connectivity index (χ0n) is 10.0. The molecule has 0 aliphatic rings. The number of phenols is 1. The molecule has 3 aromatic rings. The second-order valence-electron chi connectivity index (χ2n) is 4.20. The van der Waals surface area contributed by atoms with Crippen LogP contribution in [0.5, 0.6) is 11.6 Å². The van der Waals surface area contributed by atoms with E-state index in [1.807, 2.05) is 30.3 Å². The largest absolute Gasteiger partial charge is 0.508 e. The Kier molecular flexibility index (Phi) is 2.68. The van der Waals surface area contributed by atoms with Gasteiger partial charge in [-0.15, -0.1) is 0 Å². The highest BCUT2D eigenvalue weighted by Gasteiger charge is 2.12. The molecule has 0 unspecified atom stereocenters. The molecule has 0 radical (unpaired) electrons. The van der Waals surface area contributed by atoms with Crippen molar-refractivity contribution in [3.8, 4) is 34.3 Å². The van der Waals surface area contributed by atoms with Crippen molar-refractivity contribution < 1.29 is 10.2 Å². The molecular weight excluding hydrogens is 240 g/mol. The van der Waals surface area contributed by atoms with E-state index in [9.17, 15) is 10.2 Å². The van der Waals surface area contributed by atoms with E-state index in [1.165, 1.54) is 0 Å². The third-order valence-electron chi connectivity index (χ3n) is 2.89. The van der Waals surface area contributed by atoms with Gasteiger partial charge in [-0.1, -0.05) is 30.3 Å². The molecule has 0 aliphatic heterocycles. The predicted octanol–water partition coefficient (Wildman–Crippen LogP) is 3.15. The quantitative estimate of drug-likeness (QED) is 0.656. The lowest BCUT2D eigenvalue weighted by atomic mass is 10.2. The second-order valence-corrected chi connectivity index (χ2v) is 4.20. The molecule has 0 bridgehead atoms. The topological polar surface area (TPSA) is 69.1 Å². The lowest BCUT2D eigenvalue weighted by Gasteiger charge is -1.98. The highest BCUT2D eigenvalue weighted by atomic mass is 16.3. The Balaban J connectivity index is 2.04. The molecule has 0 fully saturated rings. The molecule has 19 heavy (non-hydrogen) atoms. The number of aromatic hydroxyl groups is 2. The number of imidazole rings is 1. The first-order chi connectivity index (χ1) is 9.24. The number of H-pyrrole nitrogens is 1. The van der Waals surface area contributed by atoms with E-state index in [0.717, 1.165) is 11.1 Å². The van der Waals surface area contributed by atoms with Crippen LogP contribution in [0.2, 0.25) is 0 Å². The summed E-state index contributed by atoms with van der Waals surface area (Å²) in [5, 5.41) is 19.2. The Bertz CT molecular complexity index is 688. The maximum atomic E-state index is 9.91. The minimum Gasteiger partial charge on any atom is -0.508 e. The molecule has 3 rings (SSSR count). The van der Waals surface area contributed by atoms with Gasteiger partial charge in [-0.25, -0.2) is 0 Å². The maximum Gasteiger partial charge on any atom is 0.237 e. The molecule has 0 amide bonds. The van der Waals surface area contributed by atoms with Gasteiger partial charge in [0.1, 0.15) is 17.3 Å². The average molecular weight is 252 g/mol. The van der Waals surface area contributed by atoms with E-state index in [2.05, 4.69) is 9.97 Å². The van der Waals surface area contributed by atoms with Gasteiger partial charge in [0.25, 0.3) is 0 Å². The van der Waals surface area contributed by atoms with Crippen LogP contribution in [-0.4, -0.2) is 20.2 Å². The van der Waals surface area contributed by atoms with E-state index in [1.54, 1.807) is 24.3 Å². The van der Waals surface area contributed by atoms with Gasteiger partial charge in [0.05, 0.1) is 0 Å². The van der Waals surface area contributed by atoms with Gasteiger partial charge >= 0.3 is 0 Å². The number of phenolic OH excluding ortho intramolecular Hbond substituents is 1. The van der Waals surface area contributed by atoms with Crippen molar-refractivity contribution in [3.05, 3.63) is 54.6 Å². The SMILES string of the molecule is Oc1ccc(-c2nc(O)c(-c3ccccc3)[nH]2)cc1. The molecule has 4 nitrogen and oxygen atoms in total. The molecule has 3 N–H and O–H groups in total. The van der Waals surface area contributed by atoms with Crippen LogP contribution in [0.4, 0.5) is 0 Å². The van der Waals surface area contributed by atoms with Crippen LogP contribution >= 0.6 is 0 Å². The summed E-state index contributed by atoms with van der Waals surface area (Å²) < 4.78 is 0. The lowest BCUT2D eigenvalue weighted by molar-refractivity contribution is 0.459. The van der Waals surface area contributed by atoms with Gasteiger partial charge in [-0.2, -0.15) is 4.98 Å². The average Bonchev–Trinajstić information content (AvgIpc) is 2.83. The fourth-order valence-corrected chi connectivity index (χ4v) is 1.93. The Morgan fingerprint density at radius 2 is 1.47 bits per heavy atom. The standard InChI is InChI=1S/C15H12N2O2/c18-12-8-6-11(7-9-12)14-16-13(15(19)17-14)10-4-2-1-3-5-10/h1-9,18-19H,(H,16,17). The van der Waals surface area contributed by atoms with E-state index in [0.29, 0.717) is 11.5 Å². The molecule has 0 atom stereocenters. The van der Waals surface area contributed by atoms with Gasteiger partial charge < -0.3 is 15.2 Å². The minimum atomic E-state index is -0.0331. The van der Waals surface area contributed by atoms with Gasteiger partial charge in [-0.05, 0) is 24.3 Å². The zero-order chi connectivity index (χ0) is 13.2. The van der Waals surface area contributed by atoms with Crippen LogP contribution in [0.3, 0.4) is 0 Å². The number of hydrogen-bond donors (Lipinski definition) is 3. The summed E-state index contributed by atoms with van der Waals surface area (Å²) in [6.07, 6.45) is 0. The zero-order valence-corrected chi connectivity index (χ0v) is 10.0. The van der Waals surface area contributed by atoms with Crippen LogP contribution in [0, 0.1) is 0 Å². The normalized spacial score (nSPS) is 10.5. The number of nitrogens with zero attached hydrogens (tertiary/aromatic N) is 1. The number of rotatable bonds is 2. The van der Waals surface area contributed by atoms with E-state index < -0.39 is 0 Å². The van der Waals surface area contributed by atoms with E-state index >= 15 is 0 Å². The first kappa shape index (κ1) is 11.3. The fourth-order valence-electron chi connectivity index (χ4n) is 1.93. The third kappa shape index (κ3) is 2.15. The van der Waals surface area contributed by atoms with Crippen molar-refractivity contribution in [1.82, 2.24) is 9.97 Å². The monoisotopic (exact) mass is 252 g/mol. The van der Waals surface area contributed by atoms with Gasteiger partial charge in [0.2, 0.25) is 5.88 Å². The molecule has 4 heteroatoms. The number of hydrogen-bond acceptors (Lipinski definition) is 3. The fraction of sp³-hybridized carbons (Fsp3) is 0. The van der Waals surface area contributed by atoms with Crippen molar-refractivity contribution in [2.75, 3.05) is 0 Å². The predicted molar refractivity (Wildman–Crippen MR) is 72.8 cm³/mol. The molecule has 1 aromatic heterocycles. The summed E-state index contributed by atoms with van der Waals surface area (Å²) in [4.78, 5) is 7.20. The highest BCUT2D eigenvalue weighted by molar-refractivity contribution is 5.69. The maximum absolute atomic E-state index is 9.91. The molecule has 94 valence electrons. The first-order valence-corrected chi connectivity index (χ1v) is 5.88. The van der Waals surface area contributed by atoms with Crippen molar-refractivity contribution in [3.63, 3.8) is 0 Å². The molecule has 0 spiro atoms. The Labute approximate surface area is 110 Å². The lowest BCUT2D eigenvalue weighted by Crippen LogP contribution is -1.80. The summed E-state index contributed by atoms with van der Waals surface area (Å²) in [6, 6.07) is 16.1. The van der Waals surface area contributed by atoms with Crippen molar-refractivity contribution >= 4 is 0 Å². The molecule has 0 saturated carbocycles. The molecular formula is C15H12N2O2.